The Labute approximate surface area is 81.6 Å². The summed E-state index contributed by atoms with van der Waals surface area (Å²) in [5.74, 6) is 1.06. The summed E-state index contributed by atoms with van der Waals surface area (Å²) in [6.07, 6.45) is 14.6. The van der Waals surface area contributed by atoms with Gasteiger partial charge in [-0.25, -0.2) is 0 Å². The van der Waals surface area contributed by atoms with Crippen LogP contribution >= 0.6 is 0 Å². The molecule has 1 nitrogen and oxygen atoms in total. The van der Waals surface area contributed by atoms with Crippen molar-refractivity contribution in [3.8, 4) is 0 Å². The first kappa shape index (κ1) is 9.26. The molecular weight excluding hydrogens is 158 g/mol. The van der Waals surface area contributed by atoms with Crippen molar-refractivity contribution in [1.82, 2.24) is 5.32 Å². The van der Waals surface area contributed by atoms with E-state index in [2.05, 4.69) is 17.5 Å². The minimum absolute atomic E-state index is 0.689. The van der Waals surface area contributed by atoms with Crippen molar-refractivity contribution in [3.05, 3.63) is 12.2 Å². The van der Waals surface area contributed by atoms with Crippen LogP contribution in [0.5, 0.6) is 0 Å². The third-order valence-electron chi connectivity index (χ3n) is 3.44. The van der Waals surface area contributed by atoms with Gasteiger partial charge in [0.15, 0.2) is 0 Å². The molecule has 2 rings (SSSR count). The highest BCUT2D eigenvalue weighted by Crippen LogP contribution is 2.28. The summed E-state index contributed by atoms with van der Waals surface area (Å²) in [5, 5.41) is 3.63. The molecule has 0 aromatic rings. The van der Waals surface area contributed by atoms with Crippen LogP contribution in [0.4, 0.5) is 0 Å². The zero-order valence-electron chi connectivity index (χ0n) is 8.47. The van der Waals surface area contributed by atoms with Crippen molar-refractivity contribution in [3.63, 3.8) is 0 Å². The Hall–Kier alpha value is -0.300. The second kappa shape index (κ2) is 4.80. The largest absolute Gasteiger partial charge is 0.311 e. The van der Waals surface area contributed by atoms with Gasteiger partial charge in [0.2, 0.25) is 0 Å². The zero-order chi connectivity index (χ0) is 8.93. The van der Waals surface area contributed by atoms with E-state index in [1.165, 1.54) is 51.5 Å². The summed E-state index contributed by atoms with van der Waals surface area (Å²) >= 11 is 0. The lowest BCUT2D eigenvalue weighted by Gasteiger charge is -2.26. The number of hydrogen-bond acceptors (Lipinski definition) is 1. The fourth-order valence-electron chi connectivity index (χ4n) is 2.24. The SMILES string of the molecule is C1=CC(NCCC2CCC2)CCC1. The Morgan fingerprint density at radius 2 is 2.08 bits per heavy atom. The summed E-state index contributed by atoms with van der Waals surface area (Å²) in [5.41, 5.74) is 0. The fourth-order valence-corrected chi connectivity index (χ4v) is 2.24. The molecule has 0 aliphatic heterocycles. The Balaban J connectivity index is 1.55. The maximum absolute atomic E-state index is 3.63. The summed E-state index contributed by atoms with van der Waals surface area (Å²) < 4.78 is 0. The predicted octanol–water partition coefficient (Wildman–Crippen LogP) is 2.87. The molecule has 0 heterocycles. The average Bonchev–Trinajstić information content (AvgIpc) is 2.11. The quantitative estimate of drug-likeness (QED) is 0.654. The zero-order valence-corrected chi connectivity index (χ0v) is 8.47. The number of rotatable bonds is 4. The van der Waals surface area contributed by atoms with E-state index >= 15 is 0 Å². The topological polar surface area (TPSA) is 12.0 Å². The molecular formula is C12H21N. The van der Waals surface area contributed by atoms with Crippen LogP contribution < -0.4 is 5.32 Å². The fraction of sp³-hybridized carbons (Fsp3) is 0.833. The smallest absolute Gasteiger partial charge is 0.0250 e. The Kier molecular flexibility index (Phi) is 3.42. The molecule has 1 N–H and O–H groups in total. The van der Waals surface area contributed by atoms with Gasteiger partial charge in [-0.3, -0.25) is 0 Å². The molecule has 0 amide bonds. The normalized spacial score (nSPS) is 28.8. The monoisotopic (exact) mass is 179 g/mol. The van der Waals surface area contributed by atoms with Crippen molar-refractivity contribution in [2.24, 2.45) is 5.92 Å². The maximum atomic E-state index is 3.63. The summed E-state index contributed by atoms with van der Waals surface area (Å²) in [4.78, 5) is 0. The molecule has 1 fully saturated rings. The van der Waals surface area contributed by atoms with E-state index in [4.69, 9.17) is 0 Å². The molecule has 0 radical (unpaired) electrons. The highest BCUT2D eigenvalue weighted by molar-refractivity contribution is 4.97. The van der Waals surface area contributed by atoms with Gasteiger partial charge in [-0.05, 0) is 38.1 Å². The second-order valence-electron chi connectivity index (χ2n) is 4.51. The molecule has 0 aromatic carbocycles. The highest BCUT2D eigenvalue weighted by Gasteiger charge is 2.17. The van der Waals surface area contributed by atoms with E-state index in [1.807, 2.05) is 0 Å². The van der Waals surface area contributed by atoms with Crippen LogP contribution in [0.1, 0.15) is 44.9 Å². The summed E-state index contributed by atoms with van der Waals surface area (Å²) in [7, 11) is 0. The minimum atomic E-state index is 0.689. The molecule has 0 bridgehead atoms. The van der Waals surface area contributed by atoms with Crippen molar-refractivity contribution < 1.29 is 0 Å². The lowest BCUT2D eigenvalue weighted by Crippen LogP contribution is -2.31. The molecule has 1 unspecified atom stereocenters. The van der Waals surface area contributed by atoms with Gasteiger partial charge in [-0.1, -0.05) is 31.4 Å². The molecule has 1 atom stereocenters. The Morgan fingerprint density at radius 1 is 1.15 bits per heavy atom. The predicted molar refractivity (Wildman–Crippen MR) is 56.7 cm³/mol. The van der Waals surface area contributed by atoms with Crippen molar-refractivity contribution in [1.29, 1.82) is 0 Å². The third kappa shape index (κ3) is 2.84. The highest BCUT2D eigenvalue weighted by atomic mass is 14.9. The van der Waals surface area contributed by atoms with Gasteiger partial charge in [0, 0.05) is 6.04 Å². The van der Waals surface area contributed by atoms with Crippen LogP contribution in [-0.4, -0.2) is 12.6 Å². The maximum Gasteiger partial charge on any atom is 0.0250 e. The van der Waals surface area contributed by atoms with E-state index < -0.39 is 0 Å². The van der Waals surface area contributed by atoms with Gasteiger partial charge in [0.25, 0.3) is 0 Å². The lowest BCUT2D eigenvalue weighted by molar-refractivity contribution is 0.288. The average molecular weight is 179 g/mol. The van der Waals surface area contributed by atoms with Crippen molar-refractivity contribution in [2.75, 3.05) is 6.54 Å². The third-order valence-corrected chi connectivity index (χ3v) is 3.44. The van der Waals surface area contributed by atoms with E-state index in [9.17, 15) is 0 Å². The van der Waals surface area contributed by atoms with E-state index in [-0.39, 0.29) is 0 Å². The molecule has 74 valence electrons. The van der Waals surface area contributed by atoms with Crippen molar-refractivity contribution >= 4 is 0 Å². The van der Waals surface area contributed by atoms with Gasteiger partial charge in [0.1, 0.15) is 0 Å². The summed E-state index contributed by atoms with van der Waals surface area (Å²) in [6.45, 7) is 1.24. The first-order valence-electron chi connectivity index (χ1n) is 5.85. The molecule has 13 heavy (non-hydrogen) atoms. The minimum Gasteiger partial charge on any atom is -0.311 e. The Bertz CT molecular complexity index is 170. The van der Waals surface area contributed by atoms with Crippen LogP contribution in [0, 0.1) is 5.92 Å². The van der Waals surface area contributed by atoms with Crippen LogP contribution in [0.25, 0.3) is 0 Å². The molecule has 1 heteroatoms. The van der Waals surface area contributed by atoms with Crippen LogP contribution in [0.3, 0.4) is 0 Å². The molecule has 2 aliphatic rings. The van der Waals surface area contributed by atoms with Gasteiger partial charge < -0.3 is 5.32 Å². The molecule has 0 aromatic heterocycles. The summed E-state index contributed by atoms with van der Waals surface area (Å²) in [6, 6.07) is 0.689. The van der Waals surface area contributed by atoms with Gasteiger partial charge in [-0.15, -0.1) is 0 Å². The Morgan fingerprint density at radius 3 is 2.69 bits per heavy atom. The number of nitrogens with one attached hydrogen (secondary N) is 1. The first-order valence-corrected chi connectivity index (χ1v) is 5.85. The van der Waals surface area contributed by atoms with Gasteiger partial charge in [0.05, 0.1) is 0 Å². The second-order valence-corrected chi connectivity index (χ2v) is 4.51. The molecule has 2 aliphatic carbocycles. The lowest BCUT2D eigenvalue weighted by atomic mass is 9.83. The first-order chi connectivity index (χ1) is 6.45. The number of allylic oxidation sites excluding steroid dienone is 1. The van der Waals surface area contributed by atoms with Crippen LogP contribution in [0.2, 0.25) is 0 Å². The number of hydrogen-bond donors (Lipinski definition) is 1. The molecule has 1 saturated carbocycles. The van der Waals surface area contributed by atoms with Gasteiger partial charge in [-0.2, -0.15) is 0 Å². The van der Waals surface area contributed by atoms with Crippen LogP contribution in [0.15, 0.2) is 12.2 Å². The van der Waals surface area contributed by atoms with Gasteiger partial charge >= 0.3 is 0 Å². The van der Waals surface area contributed by atoms with E-state index in [0.717, 1.165) is 5.92 Å². The van der Waals surface area contributed by atoms with E-state index in [1.54, 1.807) is 0 Å². The van der Waals surface area contributed by atoms with E-state index in [0.29, 0.717) is 6.04 Å². The van der Waals surface area contributed by atoms with Crippen LogP contribution in [-0.2, 0) is 0 Å². The molecule has 0 spiro atoms. The standard InChI is InChI=1S/C12H21N/c1-2-7-12(8-3-1)13-10-9-11-5-4-6-11/h2,7,11-13H,1,3-6,8-10H2. The van der Waals surface area contributed by atoms with Crippen molar-refractivity contribution in [2.45, 2.75) is 51.0 Å². The molecule has 0 saturated heterocycles.